The number of guanidine groups is 1. The van der Waals surface area contributed by atoms with Crippen LogP contribution < -0.4 is 43.4 Å². The first-order chi connectivity index (χ1) is 28.8. The summed E-state index contributed by atoms with van der Waals surface area (Å²) in [4.78, 5) is 115. The van der Waals surface area contributed by atoms with E-state index in [9.17, 15) is 43.5 Å². The van der Waals surface area contributed by atoms with Crippen LogP contribution in [0, 0.1) is 11.8 Å². The third-order valence-electron chi connectivity index (χ3n) is 11.6. The first-order valence-electron chi connectivity index (χ1n) is 21.9. The Balaban J connectivity index is 2.29. The maximum absolute atomic E-state index is 14.1. The quantitative estimate of drug-likeness (QED) is 0.0318. The van der Waals surface area contributed by atoms with E-state index in [2.05, 4.69) is 36.9 Å². The van der Waals surface area contributed by atoms with Gasteiger partial charge in [0.1, 0.15) is 42.3 Å². The molecule has 0 bridgehead atoms. The van der Waals surface area contributed by atoms with Crippen LogP contribution in [0.4, 0.5) is 0 Å². The van der Waals surface area contributed by atoms with E-state index < -0.39 is 89.8 Å². The molecule has 2 heterocycles. The second kappa shape index (κ2) is 25.7. The van der Waals surface area contributed by atoms with Crippen LogP contribution in [-0.4, -0.2) is 143 Å². The van der Waals surface area contributed by atoms with E-state index in [4.69, 9.17) is 11.5 Å². The van der Waals surface area contributed by atoms with Crippen LogP contribution in [-0.2, 0) is 38.4 Å². The molecule has 0 aromatic heterocycles. The highest BCUT2D eigenvalue weighted by Gasteiger charge is 2.40. The van der Waals surface area contributed by atoms with Gasteiger partial charge in [-0.3, -0.25) is 43.3 Å². The fourth-order valence-electron chi connectivity index (χ4n) is 7.61. The van der Waals surface area contributed by atoms with Gasteiger partial charge in [0.25, 0.3) is 0 Å². The van der Waals surface area contributed by atoms with Gasteiger partial charge >= 0.3 is 0 Å². The molecule has 2 aliphatic heterocycles. The summed E-state index contributed by atoms with van der Waals surface area (Å²) in [5.41, 5.74) is 11.0. The number of aliphatic imine (C=N–C) groups is 1. The summed E-state index contributed by atoms with van der Waals surface area (Å²) in [6, 6.07) is -7.48. The van der Waals surface area contributed by atoms with Crippen LogP contribution in [0.15, 0.2) is 4.99 Å². The van der Waals surface area contributed by atoms with Crippen LogP contribution in [0.1, 0.15) is 120 Å². The Morgan fingerprint density at radius 2 is 1.18 bits per heavy atom. The lowest BCUT2D eigenvalue weighted by molar-refractivity contribution is -0.142. The molecular formula is C41H73N11O9. The van der Waals surface area contributed by atoms with Crippen LogP contribution in [0.3, 0.4) is 0 Å². The lowest BCUT2D eigenvalue weighted by Crippen LogP contribution is -2.62. The van der Waals surface area contributed by atoms with Gasteiger partial charge in [-0.1, -0.05) is 53.9 Å². The Labute approximate surface area is 360 Å². The van der Waals surface area contributed by atoms with Crippen molar-refractivity contribution in [1.82, 2.24) is 41.7 Å². The number of carbonyl (C=O) groups is 8. The number of nitrogens with zero attached hydrogens (tertiary/aromatic N) is 3. The van der Waals surface area contributed by atoms with Gasteiger partial charge in [0.2, 0.25) is 47.3 Å². The number of aliphatic hydroxyl groups excluding tert-OH is 1. The molecule has 0 radical (unpaired) electrons. The molecule has 0 aromatic rings. The smallest absolute Gasteiger partial charge is 0.245 e. The van der Waals surface area contributed by atoms with Gasteiger partial charge in [-0.05, 0) is 70.6 Å². The molecule has 10 atom stereocenters. The molecule has 346 valence electrons. The number of likely N-dealkylation sites (N-methyl/N-ethyl adjacent to an activating group) is 1. The van der Waals surface area contributed by atoms with Crippen molar-refractivity contribution in [3.8, 4) is 0 Å². The number of hydrogen-bond donors (Lipinski definition) is 9. The molecule has 61 heavy (non-hydrogen) atoms. The zero-order valence-corrected chi connectivity index (χ0v) is 37.4. The molecule has 2 rings (SSSR count). The monoisotopic (exact) mass is 864 g/mol. The van der Waals surface area contributed by atoms with Crippen molar-refractivity contribution in [3.05, 3.63) is 0 Å². The van der Waals surface area contributed by atoms with Gasteiger partial charge in [-0.15, -0.1) is 0 Å². The van der Waals surface area contributed by atoms with Crippen LogP contribution >= 0.6 is 0 Å². The first-order valence-corrected chi connectivity index (χ1v) is 21.9. The second-order valence-electron chi connectivity index (χ2n) is 16.3. The summed E-state index contributed by atoms with van der Waals surface area (Å²) >= 11 is 0. The summed E-state index contributed by atoms with van der Waals surface area (Å²) in [6.45, 7) is 14.8. The predicted octanol–water partition coefficient (Wildman–Crippen LogP) is -1.12. The average molecular weight is 864 g/mol. The van der Waals surface area contributed by atoms with E-state index >= 15 is 0 Å². The highest BCUT2D eigenvalue weighted by Crippen LogP contribution is 2.21. The van der Waals surface area contributed by atoms with Crippen LogP contribution in [0.25, 0.3) is 0 Å². The number of carbonyl (C=O) groups excluding carboxylic acids is 8. The number of rotatable bonds is 24. The number of hydrogen-bond acceptors (Lipinski definition) is 10. The largest absolute Gasteiger partial charge is 0.391 e. The zero-order chi connectivity index (χ0) is 46.0. The molecule has 0 unspecified atom stereocenters. The van der Waals surface area contributed by atoms with E-state index in [0.29, 0.717) is 71.0 Å². The Morgan fingerprint density at radius 3 is 1.70 bits per heavy atom. The Morgan fingerprint density at radius 1 is 0.672 bits per heavy atom. The first kappa shape index (κ1) is 52.1. The summed E-state index contributed by atoms with van der Waals surface area (Å²) in [5, 5.41) is 27.0. The Hall–Kier alpha value is -5.01. The number of likely N-dealkylation sites (tertiary alicyclic amines) is 2. The highest BCUT2D eigenvalue weighted by molar-refractivity contribution is 5.98. The maximum atomic E-state index is 14.1. The number of aliphatic hydroxyl groups is 1. The molecule has 2 aliphatic rings. The van der Waals surface area contributed by atoms with Crippen molar-refractivity contribution in [3.63, 3.8) is 0 Å². The van der Waals surface area contributed by atoms with Crippen molar-refractivity contribution in [2.24, 2.45) is 28.3 Å². The zero-order valence-electron chi connectivity index (χ0n) is 37.4. The van der Waals surface area contributed by atoms with Gasteiger partial charge in [-0.2, -0.15) is 0 Å². The number of nitrogens with one attached hydrogen (secondary N) is 6. The molecule has 0 saturated carbocycles. The molecule has 0 aromatic carbocycles. The minimum atomic E-state index is -1.53. The molecule has 11 N–H and O–H groups in total. The third-order valence-corrected chi connectivity index (χ3v) is 11.6. The van der Waals surface area contributed by atoms with E-state index in [1.165, 1.54) is 23.6 Å². The molecule has 8 amide bonds. The van der Waals surface area contributed by atoms with E-state index in [0.717, 1.165) is 0 Å². The molecule has 0 spiro atoms. The Kier molecular flexibility index (Phi) is 22.0. The standard InChI is InChI=1S/C41H73N11O9/c1-9-16-27(46-39(60)33(25(7)53)50-38(59)32(24(6)11-3)49-36(57)30-19-14-21-51(30)26(8)54)34(55)48-31(23(5)10-2)37(58)47-28(17-13-20-45-41(42)43)40(61)52-22-15-18-29(52)35(56)44-12-4/h23-25,27-33,53H,9-22H2,1-8H3,(H,44,56)(H,46,60)(H,47,58)(H,48,55)(H,49,57)(H,50,59)(H4,42,43,45)/t23-,24-,25+,27-,28-,29-,30-,31-,32+,33-/m0/s1. The van der Waals surface area contributed by atoms with E-state index in [1.54, 1.807) is 27.7 Å². The third kappa shape index (κ3) is 15.4. The summed E-state index contributed by atoms with van der Waals surface area (Å²) in [7, 11) is 0. The van der Waals surface area contributed by atoms with Crippen molar-refractivity contribution in [2.45, 2.75) is 168 Å². The molecule has 20 heteroatoms. The van der Waals surface area contributed by atoms with Gasteiger partial charge in [0.15, 0.2) is 5.96 Å². The van der Waals surface area contributed by atoms with Crippen molar-refractivity contribution >= 4 is 53.2 Å². The lowest BCUT2D eigenvalue weighted by Gasteiger charge is -2.32. The minimum absolute atomic E-state index is 0.125. The molecular weight excluding hydrogens is 791 g/mol. The normalized spacial score (nSPS) is 20.1. The fourth-order valence-corrected chi connectivity index (χ4v) is 7.61. The number of amides is 8. The van der Waals surface area contributed by atoms with Crippen molar-refractivity contribution in [2.75, 3.05) is 26.2 Å². The van der Waals surface area contributed by atoms with E-state index in [-0.39, 0.29) is 43.1 Å². The van der Waals surface area contributed by atoms with Crippen LogP contribution in [0.5, 0.6) is 0 Å². The average Bonchev–Trinajstić information content (AvgIpc) is 3.92. The summed E-state index contributed by atoms with van der Waals surface area (Å²) in [6.07, 6.45) is 2.70. The number of nitrogens with two attached hydrogens (primary N) is 2. The van der Waals surface area contributed by atoms with Gasteiger partial charge in [0, 0.05) is 33.1 Å². The summed E-state index contributed by atoms with van der Waals surface area (Å²) in [5.74, 6) is -5.36. The topological polar surface area (TPSA) is 300 Å². The van der Waals surface area contributed by atoms with Crippen molar-refractivity contribution < 1.29 is 43.5 Å². The SMILES string of the molecule is CCC[C@H](NC(=O)[C@@H](NC(=O)[C@H](NC(=O)[C@@H]1CCCN1C(C)=O)[C@@H](C)CC)[C@@H](C)O)C(=O)N[C@H](C(=O)N[C@@H](CCCN=C(N)N)C(=O)N1CCC[C@H]1C(=O)NCC)[C@@H](C)CC. The molecule has 2 fully saturated rings. The maximum Gasteiger partial charge on any atom is 0.245 e. The van der Waals surface area contributed by atoms with E-state index in [1.807, 2.05) is 13.8 Å². The van der Waals surface area contributed by atoms with Gasteiger partial charge < -0.3 is 58.3 Å². The lowest BCUT2D eigenvalue weighted by atomic mass is 9.96. The molecule has 20 nitrogen and oxygen atoms in total. The Bertz CT molecular complexity index is 1560. The minimum Gasteiger partial charge on any atom is -0.391 e. The highest BCUT2D eigenvalue weighted by atomic mass is 16.3. The molecule has 0 aliphatic carbocycles. The molecule has 2 saturated heterocycles. The second-order valence-corrected chi connectivity index (χ2v) is 16.3. The predicted molar refractivity (Wildman–Crippen MR) is 229 cm³/mol. The van der Waals surface area contributed by atoms with Crippen LogP contribution in [0.2, 0.25) is 0 Å². The summed E-state index contributed by atoms with van der Waals surface area (Å²) < 4.78 is 0. The van der Waals surface area contributed by atoms with Gasteiger partial charge in [0.05, 0.1) is 6.10 Å². The van der Waals surface area contributed by atoms with Gasteiger partial charge in [-0.25, -0.2) is 0 Å². The van der Waals surface area contributed by atoms with Crippen molar-refractivity contribution in [1.29, 1.82) is 0 Å². The fraction of sp³-hybridized carbons (Fsp3) is 0.780.